The molecule has 3 rings (SSSR count). The molecule has 0 spiro atoms. The largest absolute Gasteiger partial charge is 0.451 e. The Morgan fingerprint density at radius 3 is 2.58 bits per heavy atom. The molecule has 1 saturated carbocycles. The van der Waals surface area contributed by atoms with Gasteiger partial charge in [0.1, 0.15) is 0 Å². The van der Waals surface area contributed by atoms with Crippen LogP contribution in [-0.2, 0) is 11.3 Å². The van der Waals surface area contributed by atoms with Crippen LogP contribution >= 0.6 is 0 Å². The van der Waals surface area contributed by atoms with Crippen molar-refractivity contribution in [3.05, 3.63) is 59.7 Å². The Balaban J connectivity index is 1.55. The van der Waals surface area contributed by atoms with E-state index >= 15 is 0 Å². The average molecular weight is 360 g/mol. The van der Waals surface area contributed by atoms with E-state index in [9.17, 15) is 13.6 Å². The molecule has 2 atom stereocenters. The highest BCUT2D eigenvalue weighted by atomic mass is 19.1. The zero-order valence-electron chi connectivity index (χ0n) is 14.4. The van der Waals surface area contributed by atoms with E-state index in [2.05, 4.69) is 5.32 Å². The SMILES string of the molecule is N[C@@H]1CCC[C@H]1CC(=O)NCc1ccc(Oc2ccccc2F)c(F)c1. The highest BCUT2D eigenvalue weighted by Gasteiger charge is 2.25. The Bertz CT molecular complexity index is 782. The van der Waals surface area contributed by atoms with E-state index in [4.69, 9.17) is 10.5 Å². The van der Waals surface area contributed by atoms with Gasteiger partial charge in [0, 0.05) is 19.0 Å². The molecule has 0 radical (unpaired) electrons. The number of carbonyl (C=O) groups excluding carboxylic acids is 1. The number of carbonyl (C=O) groups is 1. The number of benzene rings is 2. The van der Waals surface area contributed by atoms with E-state index in [0.29, 0.717) is 12.0 Å². The second-order valence-electron chi connectivity index (χ2n) is 6.63. The lowest BCUT2D eigenvalue weighted by Gasteiger charge is -2.15. The number of amides is 1. The van der Waals surface area contributed by atoms with E-state index in [-0.39, 0.29) is 35.9 Å². The number of nitrogens with one attached hydrogen (secondary N) is 1. The first-order chi connectivity index (χ1) is 12.5. The maximum absolute atomic E-state index is 14.2. The molecule has 26 heavy (non-hydrogen) atoms. The van der Waals surface area contributed by atoms with Crippen molar-refractivity contribution in [3.8, 4) is 11.5 Å². The predicted molar refractivity (Wildman–Crippen MR) is 94.7 cm³/mol. The lowest BCUT2D eigenvalue weighted by molar-refractivity contribution is -0.122. The van der Waals surface area contributed by atoms with Crippen LogP contribution in [0, 0.1) is 17.6 Å². The standard InChI is InChI=1S/C20H22F2N2O2/c21-15-5-1-2-7-18(15)26-19-9-8-13(10-16(19)22)12-24-20(25)11-14-4-3-6-17(14)23/h1-2,5,7-10,14,17H,3-4,6,11-12,23H2,(H,24,25)/t14-,17+/m0/s1. The topological polar surface area (TPSA) is 64.4 Å². The molecule has 2 aromatic carbocycles. The molecule has 3 N–H and O–H groups in total. The summed E-state index contributed by atoms with van der Waals surface area (Å²) in [6.07, 6.45) is 3.41. The molecule has 1 aliphatic carbocycles. The van der Waals surface area contributed by atoms with Crippen molar-refractivity contribution in [2.24, 2.45) is 11.7 Å². The van der Waals surface area contributed by atoms with E-state index < -0.39 is 11.6 Å². The van der Waals surface area contributed by atoms with Crippen LogP contribution in [-0.4, -0.2) is 11.9 Å². The van der Waals surface area contributed by atoms with Gasteiger partial charge in [0.15, 0.2) is 23.1 Å². The fraction of sp³-hybridized carbons (Fsp3) is 0.350. The van der Waals surface area contributed by atoms with Gasteiger partial charge in [-0.1, -0.05) is 24.6 Å². The predicted octanol–water partition coefficient (Wildman–Crippen LogP) is 3.89. The number of nitrogens with two attached hydrogens (primary N) is 1. The van der Waals surface area contributed by atoms with Crippen molar-refractivity contribution in [1.29, 1.82) is 0 Å². The second-order valence-corrected chi connectivity index (χ2v) is 6.63. The first kappa shape index (κ1) is 18.3. The fourth-order valence-corrected chi connectivity index (χ4v) is 3.21. The van der Waals surface area contributed by atoms with Crippen molar-refractivity contribution in [2.45, 2.75) is 38.3 Å². The molecule has 0 saturated heterocycles. The summed E-state index contributed by atoms with van der Waals surface area (Å²) in [5.74, 6) is -1.14. The third-order valence-electron chi connectivity index (χ3n) is 4.71. The lowest BCUT2D eigenvalue weighted by Crippen LogP contribution is -2.31. The highest BCUT2D eigenvalue weighted by Crippen LogP contribution is 2.28. The van der Waals surface area contributed by atoms with Gasteiger partial charge in [-0.2, -0.15) is 0 Å². The molecule has 0 aromatic heterocycles. The van der Waals surface area contributed by atoms with Gasteiger partial charge in [-0.15, -0.1) is 0 Å². The highest BCUT2D eigenvalue weighted by molar-refractivity contribution is 5.76. The maximum atomic E-state index is 14.2. The van der Waals surface area contributed by atoms with E-state index in [1.807, 2.05) is 0 Å². The van der Waals surface area contributed by atoms with Crippen LogP contribution in [0.5, 0.6) is 11.5 Å². The molecule has 4 nitrogen and oxygen atoms in total. The van der Waals surface area contributed by atoms with Crippen molar-refractivity contribution in [3.63, 3.8) is 0 Å². The molecule has 0 heterocycles. The number of hydrogen-bond acceptors (Lipinski definition) is 3. The summed E-state index contributed by atoms with van der Waals surface area (Å²) in [6, 6.07) is 10.2. The Morgan fingerprint density at radius 1 is 1.12 bits per heavy atom. The second kappa shape index (κ2) is 8.27. The molecule has 138 valence electrons. The minimum absolute atomic E-state index is 0.0413. The molecule has 0 unspecified atom stereocenters. The van der Waals surface area contributed by atoms with Crippen LogP contribution in [0.25, 0.3) is 0 Å². The van der Waals surface area contributed by atoms with E-state index in [1.165, 1.54) is 30.3 Å². The Labute approximate surface area is 151 Å². The van der Waals surface area contributed by atoms with Gasteiger partial charge >= 0.3 is 0 Å². The third-order valence-corrected chi connectivity index (χ3v) is 4.71. The van der Waals surface area contributed by atoms with Crippen molar-refractivity contribution < 1.29 is 18.3 Å². The van der Waals surface area contributed by atoms with Crippen molar-refractivity contribution >= 4 is 5.91 Å². The maximum Gasteiger partial charge on any atom is 0.220 e. The fourth-order valence-electron chi connectivity index (χ4n) is 3.21. The molecular weight excluding hydrogens is 338 g/mol. The van der Waals surface area contributed by atoms with Gasteiger partial charge in [-0.25, -0.2) is 8.78 Å². The van der Waals surface area contributed by atoms with E-state index in [1.54, 1.807) is 12.1 Å². The summed E-state index contributed by atoms with van der Waals surface area (Å²) in [7, 11) is 0. The summed E-state index contributed by atoms with van der Waals surface area (Å²) < 4.78 is 33.1. The monoisotopic (exact) mass is 360 g/mol. The average Bonchev–Trinajstić information content (AvgIpc) is 3.02. The van der Waals surface area contributed by atoms with Crippen LogP contribution < -0.4 is 15.8 Å². The zero-order chi connectivity index (χ0) is 18.5. The van der Waals surface area contributed by atoms with Gasteiger partial charge in [0.25, 0.3) is 0 Å². The normalized spacial score (nSPS) is 19.3. The summed E-state index contributed by atoms with van der Waals surface area (Å²) in [4.78, 5) is 12.0. The van der Waals surface area contributed by atoms with Gasteiger partial charge in [-0.05, 0) is 48.6 Å². The Kier molecular flexibility index (Phi) is 5.83. The number of halogens is 2. The lowest BCUT2D eigenvalue weighted by atomic mass is 10.00. The summed E-state index contributed by atoms with van der Waals surface area (Å²) >= 11 is 0. The number of para-hydroxylation sites is 1. The van der Waals surface area contributed by atoms with Crippen LogP contribution in [0.3, 0.4) is 0 Å². The Morgan fingerprint density at radius 2 is 1.88 bits per heavy atom. The quantitative estimate of drug-likeness (QED) is 0.821. The van der Waals surface area contributed by atoms with Crippen LogP contribution in [0.4, 0.5) is 8.78 Å². The van der Waals surface area contributed by atoms with Gasteiger partial charge in [0.05, 0.1) is 0 Å². The molecular formula is C20H22F2N2O2. The molecule has 1 fully saturated rings. The Hall–Kier alpha value is -2.47. The number of ether oxygens (including phenoxy) is 1. The van der Waals surface area contributed by atoms with E-state index in [0.717, 1.165) is 19.3 Å². The van der Waals surface area contributed by atoms with Crippen LogP contribution in [0.15, 0.2) is 42.5 Å². The van der Waals surface area contributed by atoms with Crippen LogP contribution in [0.2, 0.25) is 0 Å². The molecule has 2 aromatic rings. The minimum atomic E-state index is -0.613. The number of rotatable bonds is 6. The van der Waals surface area contributed by atoms with Gasteiger partial charge < -0.3 is 15.8 Å². The van der Waals surface area contributed by atoms with Gasteiger partial charge in [-0.3, -0.25) is 4.79 Å². The summed E-state index contributed by atoms with van der Waals surface area (Å²) in [5.41, 5.74) is 6.58. The van der Waals surface area contributed by atoms with Crippen molar-refractivity contribution in [2.75, 3.05) is 0 Å². The first-order valence-corrected chi connectivity index (χ1v) is 8.76. The summed E-state index contributed by atoms with van der Waals surface area (Å²) in [5, 5.41) is 2.79. The zero-order valence-corrected chi connectivity index (χ0v) is 14.4. The van der Waals surface area contributed by atoms with Gasteiger partial charge in [0.2, 0.25) is 5.91 Å². The third kappa shape index (κ3) is 4.58. The molecule has 1 aliphatic rings. The number of hydrogen-bond donors (Lipinski definition) is 2. The molecule has 6 heteroatoms. The molecule has 1 amide bonds. The molecule has 0 bridgehead atoms. The van der Waals surface area contributed by atoms with Crippen molar-refractivity contribution in [1.82, 2.24) is 5.32 Å². The smallest absolute Gasteiger partial charge is 0.220 e. The van der Waals surface area contributed by atoms with Crippen LogP contribution in [0.1, 0.15) is 31.2 Å². The minimum Gasteiger partial charge on any atom is -0.451 e. The first-order valence-electron chi connectivity index (χ1n) is 8.76. The summed E-state index contributed by atoms with van der Waals surface area (Å²) in [6.45, 7) is 0.220. The molecule has 0 aliphatic heterocycles.